The smallest absolute Gasteiger partial charge is 0.133 e. The van der Waals surface area contributed by atoms with Crippen molar-refractivity contribution in [2.45, 2.75) is 13.3 Å². The minimum absolute atomic E-state index is 0.352. The fourth-order valence-corrected chi connectivity index (χ4v) is 2.08. The Labute approximate surface area is 105 Å². The fraction of sp³-hybridized carbons (Fsp3) is 0.500. The predicted octanol–water partition coefficient (Wildman–Crippen LogP) is 1.92. The summed E-state index contributed by atoms with van der Waals surface area (Å²) in [6, 6.07) is 6.12. The highest BCUT2D eigenvalue weighted by molar-refractivity contribution is 9.10. The Balaban J connectivity index is 2.72. The second-order valence-corrected chi connectivity index (χ2v) is 4.59. The first kappa shape index (κ1) is 13.5. The summed E-state index contributed by atoms with van der Waals surface area (Å²) in [4.78, 5) is 0. The summed E-state index contributed by atoms with van der Waals surface area (Å²) in [5.41, 5.74) is 12.5. The third kappa shape index (κ3) is 3.77. The molecule has 0 aliphatic rings. The van der Waals surface area contributed by atoms with Crippen LogP contribution in [-0.4, -0.2) is 19.7 Å². The molecule has 0 fully saturated rings. The van der Waals surface area contributed by atoms with Crippen LogP contribution in [0.3, 0.4) is 0 Å². The maximum Gasteiger partial charge on any atom is 0.133 e. The number of nitrogens with two attached hydrogens (primary N) is 2. The fourth-order valence-electron chi connectivity index (χ4n) is 1.54. The van der Waals surface area contributed by atoms with E-state index in [9.17, 15) is 0 Å². The number of hydrogen-bond acceptors (Lipinski definition) is 3. The molecule has 0 aliphatic heterocycles. The first-order chi connectivity index (χ1) is 7.71. The lowest BCUT2D eigenvalue weighted by Gasteiger charge is -2.13. The molecule has 3 nitrogen and oxygen atoms in total. The van der Waals surface area contributed by atoms with Crippen molar-refractivity contribution in [1.29, 1.82) is 0 Å². The second kappa shape index (κ2) is 6.89. The van der Waals surface area contributed by atoms with Crippen LogP contribution in [0.4, 0.5) is 0 Å². The Bertz CT molecular complexity index is 327. The van der Waals surface area contributed by atoms with Crippen molar-refractivity contribution in [3.05, 3.63) is 28.2 Å². The van der Waals surface area contributed by atoms with Gasteiger partial charge < -0.3 is 16.2 Å². The lowest BCUT2D eigenvalue weighted by molar-refractivity contribution is 0.338. The third-order valence-electron chi connectivity index (χ3n) is 2.49. The van der Waals surface area contributed by atoms with E-state index in [1.807, 2.05) is 13.0 Å². The zero-order valence-corrected chi connectivity index (χ0v) is 11.2. The van der Waals surface area contributed by atoms with E-state index in [1.54, 1.807) is 0 Å². The summed E-state index contributed by atoms with van der Waals surface area (Å²) in [5, 5.41) is 0. The molecule has 1 aromatic carbocycles. The van der Waals surface area contributed by atoms with Crippen molar-refractivity contribution in [2.24, 2.45) is 17.4 Å². The van der Waals surface area contributed by atoms with Crippen LogP contribution < -0.4 is 16.2 Å². The van der Waals surface area contributed by atoms with Crippen molar-refractivity contribution in [3.8, 4) is 5.75 Å². The van der Waals surface area contributed by atoms with Gasteiger partial charge in [0, 0.05) is 0 Å². The van der Waals surface area contributed by atoms with Crippen molar-refractivity contribution in [1.82, 2.24) is 0 Å². The van der Waals surface area contributed by atoms with Crippen molar-refractivity contribution in [3.63, 3.8) is 0 Å². The van der Waals surface area contributed by atoms with Gasteiger partial charge in [0.15, 0.2) is 0 Å². The van der Waals surface area contributed by atoms with E-state index in [4.69, 9.17) is 16.2 Å². The topological polar surface area (TPSA) is 61.3 Å². The summed E-state index contributed by atoms with van der Waals surface area (Å²) >= 11 is 3.49. The molecule has 0 atom stereocenters. The van der Waals surface area contributed by atoms with E-state index in [-0.39, 0.29) is 0 Å². The van der Waals surface area contributed by atoms with Gasteiger partial charge in [0.1, 0.15) is 5.75 Å². The molecule has 0 aliphatic carbocycles. The van der Waals surface area contributed by atoms with Gasteiger partial charge in [-0.2, -0.15) is 0 Å². The quantitative estimate of drug-likeness (QED) is 0.840. The number of hydrogen-bond donors (Lipinski definition) is 2. The first-order valence-corrected chi connectivity index (χ1v) is 6.31. The monoisotopic (exact) mass is 286 g/mol. The molecule has 4 N–H and O–H groups in total. The van der Waals surface area contributed by atoms with Crippen LogP contribution in [0.25, 0.3) is 0 Å². The van der Waals surface area contributed by atoms with E-state index in [0.29, 0.717) is 25.6 Å². The summed E-state index contributed by atoms with van der Waals surface area (Å²) in [6.45, 7) is 3.90. The van der Waals surface area contributed by atoms with Gasteiger partial charge in [-0.05, 0) is 66.0 Å². The molecule has 0 radical (unpaired) electrons. The third-order valence-corrected chi connectivity index (χ3v) is 3.11. The summed E-state index contributed by atoms with van der Waals surface area (Å²) in [6.07, 6.45) is 0.915. The molecule has 0 saturated carbocycles. The average molecular weight is 287 g/mol. The molecular weight excluding hydrogens is 268 g/mol. The molecule has 0 unspecified atom stereocenters. The zero-order valence-electron chi connectivity index (χ0n) is 9.58. The van der Waals surface area contributed by atoms with Gasteiger partial charge in [-0.1, -0.05) is 6.07 Å². The van der Waals surface area contributed by atoms with Crippen LogP contribution in [0.1, 0.15) is 12.5 Å². The molecule has 4 heteroatoms. The molecule has 0 spiro atoms. The number of halogens is 1. The van der Waals surface area contributed by atoms with Crippen LogP contribution in [0.2, 0.25) is 0 Å². The highest BCUT2D eigenvalue weighted by Gasteiger charge is 2.07. The summed E-state index contributed by atoms with van der Waals surface area (Å²) in [7, 11) is 0. The molecule has 0 heterocycles. The van der Waals surface area contributed by atoms with Crippen LogP contribution >= 0.6 is 15.9 Å². The Kier molecular flexibility index (Phi) is 5.80. The number of rotatable bonds is 6. The molecule has 0 saturated heterocycles. The lowest BCUT2D eigenvalue weighted by atomic mass is 10.00. The minimum Gasteiger partial charge on any atom is -0.493 e. The zero-order chi connectivity index (χ0) is 12.0. The first-order valence-electron chi connectivity index (χ1n) is 5.52. The van der Waals surface area contributed by atoms with Crippen molar-refractivity contribution in [2.75, 3.05) is 19.7 Å². The number of benzene rings is 1. The standard InChI is InChI=1S/C12H19BrN2O/c1-2-16-12-4-3-9(6-11(12)13)5-10(7-14)8-15/h3-4,6,10H,2,5,7-8,14-15H2,1H3. The molecule has 1 aromatic rings. The van der Waals surface area contributed by atoms with Gasteiger partial charge in [0.25, 0.3) is 0 Å². The van der Waals surface area contributed by atoms with Crippen molar-refractivity contribution < 1.29 is 4.74 Å². The van der Waals surface area contributed by atoms with Crippen LogP contribution in [-0.2, 0) is 6.42 Å². The van der Waals surface area contributed by atoms with Crippen LogP contribution in [0, 0.1) is 5.92 Å². The lowest BCUT2D eigenvalue weighted by Crippen LogP contribution is -2.25. The molecular formula is C12H19BrN2O. The normalized spacial score (nSPS) is 10.8. The van der Waals surface area contributed by atoms with E-state index in [0.717, 1.165) is 16.6 Å². The van der Waals surface area contributed by atoms with Crippen LogP contribution in [0.5, 0.6) is 5.75 Å². The average Bonchev–Trinajstić information content (AvgIpc) is 2.29. The Morgan fingerprint density at radius 3 is 2.50 bits per heavy atom. The molecule has 16 heavy (non-hydrogen) atoms. The van der Waals surface area contributed by atoms with Gasteiger partial charge in [0.05, 0.1) is 11.1 Å². The van der Waals surface area contributed by atoms with Gasteiger partial charge in [-0.25, -0.2) is 0 Å². The highest BCUT2D eigenvalue weighted by Crippen LogP contribution is 2.26. The number of ether oxygens (including phenoxy) is 1. The molecule has 0 aromatic heterocycles. The van der Waals surface area contributed by atoms with Crippen LogP contribution in [0.15, 0.2) is 22.7 Å². The van der Waals surface area contributed by atoms with Gasteiger partial charge in [0.2, 0.25) is 0 Å². The maximum absolute atomic E-state index is 5.63. The minimum atomic E-state index is 0.352. The largest absolute Gasteiger partial charge is 0.493 e. The maximum atomic E-state index is 5.63. The van der Waals surface area contributed by atoms with Gasteiger partial charge in [-0.3, -0.25) is 0 Å². The van der Waals surface area contributed by atoms with Gasteiger partial charge >= 0.3 is 0 Å². The Hall–Kier alpha value is -0.580. The second-order valence-electron chi connectivity index (χ2n) is 3.74. The van der Waals surface area contributed by atoms with E-state index in [2.05, 4.69) is 28.1 Å². The summed E-state index contributed by atoms with van der Waals surface area (Å²) < 4.78 is 6.44. The summed E-state index contributed by atoms with van der Waals surface area (Å²) in [5.74, 6) is 1.23. The molecule has 0 amide bonds. The van der Waals surface area contributed by atoms with Crippen molar-refractivity contribution >= 4 is 15.9 Å². The van der Waals surface area contributed by atoms with E-state index < -0.39 is 0 Å². The Morgan fingerprint density at radius 1 is 1.31 bits per heavy atom. The Morgan fingerprint density at radius 2 is 2.00 bits per heavy atom. The predicted molar refractivity (Wildman–Crippen MR) is 70.6 cm³/mol. The molecule has 0 bridgehead atoms. The van der Waals surface area contributed by atoms with E-state index in [1.165, 1.54) is 5.56 Å². The molecule has 1 rings (SSSR count). The van der Waals surface area contributed by atoms with E-state index >= 15 is 0 Å². The SMILES string of the molecule is CCOc1ccc(CC(CN)CN)cc1Br. The van der Waals surface area contributed by atoms with Gasteiger partial charge in [-0.15, -0.1) is 0 Å². The molecule has 90 valence electrons. The highest BCUT2D eigenvalue weighted by atomic mass is 79.9.